The number of nitrogens with zero attached hydrogens (tertiary/aromatic N) is 3. The van der Waals surface area contributed by atoms with Crippen molar-refractivity contribution in [1.82, 2.24) is 10.3 Å². The zero-order valence-electron chi connectivity index (χ0n) is 13.1. The molecule has 7 heteroatoms. The van der Waals surface area contributed by atoms with Crippen LogP contribution in [0.15, 0.2) is 48.7 Å². The molecule has 0 radical (unpaired) electrons. The summed E-state index contributed by atoms with van der Waals surface area (Å²) in [6.07, 6.45) is 1.43. The summed E-state index contributed by atoms with van der Waals surface area (Å²) in [5.41, 5.74) is 6.44. The zero-order chi connectivity index (χ0) is 17.5. The average molecular weight is 323 g/mol. The molecule has 3 N–H and O–H groups in total. The van der Waals surface area contributed by atoms with Crippen LogP contribution < -0.4 is 16.0 Å². The van der Waals surface area contributed by atoms with Gasteiger partial charge in [-0.1, -0.05) is 30.3 Å². The van der Waals surface area contributed by atoms with Gasteiger partial charge in [0.1, 0.15) is 17.9 Å². The smallest absolute Gasteiger partial charge is 0.244 e. The Morgan fingerprint density at radius 1 is 1.29 bits per heavy atom. The van der Waals surface area contributed by atoms with Crippen molar-refractivity contribution in [3.63, 3.8) is 0 Å². The lowest BCUT2D eigenvalue weighted by molar-refractivity contribution is -0.126. The number of nitriles is 1. The van der Waals surface area contributed by atoms with E-state index in [9.17, 15) is 9.59 Å². The van der Waals surface area contributed by atoms with Gasteiger partial charge in [0.05, 0.1) is 12.1 Å². The van der Waals surface area contributed by atoms with E-state index >= 15 is 0 Å². The van der Waals surface area contributed by atoms with Crippen LogP contribution >= 0.6 is 0 Å². The van der Waals surface area contributed by atoms with Gasteiger partial charge in [-0.15, -0.1) is 0 Å². The summed E-state index contributed by atoms with van der Waals surface area (Å²) in [6, 6.07) is 13.2. The number of nitrogens with one attached hydrogen (secondary N) is 1. The van der Waals surface area contributed by atoms with Crippen molar-refractivity contribution < 1.29 is 9.59 Å². The number of aromatic nitrogens is 1. The second kappa shape index (κ2) is 7.74. The van der Waals surface area contributed by atoms with E-state index in [1.807, 2.05) is 12.1 Å². The SMILES string of the molecule is CN(CC(=O)N[C@@H](C(N)=O)c1ccccc1)c1ccc(C#N)cn1. The molecule has 0 spiro atoms. The number of likely N-dealkylation sites (N-methyl/N-ethyl adjacent to an activating group) is 1. The number of benzene rings is 1. The molecule has 122 valence electrons. The predicted octanol–water partition coefficient (Wildman–Crippen LogP) is 0.732. The van der Waals surface area contributed by atoms with Gasteiger partial charge in [0.25, 0.3) is 0 Å². The van der Waals surface area contributed by atoms with Crippen molar-refractivity contribution >= 4 is 17.6 Å². The van der Waals surface area contributed by atoms with Gasteiger partial charge in [0.15, 0.2) is 0 Å². The topological polar surface area (TPSA) is 112 Å². The van der Waals surface area contributed by atoms with Crippen molar-refractivity contribution in [3.05, 3.63) is 59.8 Å². The molecule has 2 aromatic rings. The molecule has 0 aliphatic carbocycles. The van der Waals surface area contributed by atoms with Crippen LogP contribution in [0.25, 0.3) is 0 Å². The fraction of sp³-hybridized carbons (Fsp3) is 0.176. The van der Waals surface area contributed by atoms with E-state index < -0.39 is 11.9 Å². The number of nitrogens with two attached hydrogens (primary N) is 1. The van der Waals surface area contributed by atoms with Gasteiger partial charge in [-0.3, -0.25) is 9.59 Å². The Hall–Kier alpha value is -3.40. The van der Waals surface area contributed by atoms with Crippen molar-refractivity contribution in [2.24, 2.45) is 5.73 Å². The summed E-state index contributed by atoms with van der Waals surface area (Å²) in [5.74, 6) is -0.454. The van der Waals surface area contributed by atoms with Crippen LogP contribution in [0.5, 0.6) is 0 Å². The Labute approximate surface area is 139 Å². The summed E-state index contributed by atoms with van der Waals surface area (Å²) in [5, 5.41) is 11.4. The number of primary amides is 1. The summed E-state index contributed by atoms with van der Waals surface area (Å²) in [6.45, 7) is -0.00445. The first-order valence-corrected chi connectivity index (χ1v) is 7.22. The summed E-state index contributed by atoms with van der Waals surface area (Å²) >= 11 is 0. The lowest BCUT2D eigenvalue weighted by atomic mass is 10.1. The number of rotatable bonds is 6. The number of hydrogen-bond acceptors (Lipinski definition) is 5. The number of pyridine rings is 1. The third-order valence-corrected chi connectivity index (χ3v) is 3.37. The van der Waals surface area contributed by atoms with Crippen LogP contribution in [-0.4, -0.2) is 30.4 Å². The molecule has 1 heterocycles. The normalized spacial score (nSPS) is 11.2. The van der Waals surface area contributed by atoms with Crippen molar-refractivity contribution in [1.29, 1.82) is 5.26 Å². The average Bonchev–Trinajstić information content (AvgIpc) is 2.60. The molecule has 0 aliphatic heterocycles. The summed E-state index contributed by atoms with van der Waals surface area (Å²) < 4.78 is 0. The molecule has 0 aliphatic rings. The number of hydrogen-bond donors (Lipinski definition) is 2. The number of carbonyl (C=O) groups is 2. The maximum Gasteiger partial charge on any atom is 0.244 e. The minimum Gasteiger partial charge on any atom is -0.368 e. The predicted molar refractivity (Wildman–Crippen MR) is 88.7 cm³/mol. The monoisotopic (exact) mass is 323 g/mol. The Morgan fingerprint density at radius 2 is 2.00 bits per heavy atom. The second-order valence-electron chi connectivity index (χ2n) is 5.19. The molecule has 0 saturated heterocycles. The molecule has 1 aromatic heterocycles. The molecule has 0 unspecified atom stereocenters. The largest absolute Gasteiger partial charge is 0.368 e. The van der Waals surface area contributed by atoms with Crippen molar-refractivity contribution in [2.75, 3.05) is 18.5 Å². The Kier molecular flexibility index (Phi) is 5.47. The molecule has 2 rings (SSSR count). The van der Waals surface area contributed by atoms with Crippen LogP contribution in [0.3, 0.4) is 0 Å². The molecular weight excluding hydrogens is 306 g/mol. The molecular formula is C17H17N5O2. The first-order chi connectivity index (χ1) is 11.5. The molecule has 1 atom stereocenters. The molecule has 7 nitrogen and oxygen atoms in total. The molecule has 0 bridgehead atoms. The van der Waals surface area contributed by atoms with Gasteiger partial charge in [0.2, 0.25) is 11.8 Å². The highest BCUT2D eigenvalue weighted by Crippen LogP contribution is 2.13. The zero-order valence-corrected chi connectivity index (χ0v) is 13.1. The number of carbonyl (C=O) groups excluding carboxylic acids is 2. The van der Waals surface area contributed by atoms with Gasteiger partial charge in [0, 0.05) is 13.2 Å². The first-order valence-electron chi connectivity index (χ1n) is 7.22. The molecule has 1 aromatic carbocycles. The van der Waals surface area contributed by atoms with E-state index in [0.29, 0.717) is 16.9 Å². The van der Waals surface area contributed by atoms with E-state index in [1.54, 1.807) is 48.3 Å². The number of amides is 2. The molecule has 0 fully saturated rings. The third-order valence-electron chi connectivity index (χ3n) is 3.37. The molecule has 24 heavy (non-hydrogen) atoms. The summed E-state index contributed by atoms with van der Waals surface area (Å²) in [7, 11) is 1.69. The maximum absolute atomic E-state index is 12.2. The van der Waals surface area contributed by atoms with Gasteiger partial charge >= 0.3 is 0 Å². The van der Waals surface area contributed by atoms with Gasteiger partial charge in [-0.05, 0) is 17.7 Å². The van der Waals surface area contributed by atoms with Crippen LogP contribution in [0.2, 0.25) is 0 Å². The minimum atomic E-state index is -0.888. The van der Waals surface area contributed by atoms with Gasteiger partial charge < -0.3 is 16.0 Å². The highest BCUT2D eigenvalue weighted by atomic mass is 16.2. The maximum atomic E-state index is 12.2. The van der Waals surface area contributed by atoms with E-state index in [-0.39, 0.29) is 12.5 Å². The highest BCUT2D eigenvalue weighted by Gasteiger charge is 2.20. The van der Waals surface area contributed by atoms with Crippen molar-refractivity contribution in [3.8, 4) is 6.07 Å². The van der Waals surface area contributed by atoms with Crippen LogP contribution in [0.4, 0.5) is 5.82 Å². The van der Waals surface area contributed by atoms with E-state index in [1.165, 1.54) is 6.20 Å². The van der Waals surface area contributed by atoms with E-state index in [2.05, 4.69) is 10.3 Å². The van der Waals surface area contributed by atoms with E-state index in [4.69, 9.17) is 11.0 Å². The lowest BCUT2D eigenvalue weighted by Gasteiger charge is -2.20. The van der Waals surface area contributed by atoms with Crippen LogP contribution in [-0.2, 0) is 9.59 Å². The fourth-order valence-electron chi connectivity index (χ4n) is 2.15. The van der Waals surface area contributed by atoms with Gasteiger partial charge in [-0.25, -0.2) is 4.98 Å². The van der Waals surface area contributed by atoms with Crippen LogP contribution in [0.1, 0.15) is 17.2 Å². The van der Waals surface area contributed by atoms with Crippen molar-refractivity contribution in [2.45, 2.75) is 6.04 Å². The summed E-state index contributed by atoms with van der Waals surface area (Å²) in [4.78, 5) is 29.5. The van der Waals surface area contributed by atoms with Gasteiger partial charge in [-0.2, -0.15) is 5.26 Å². The van der Waals surface area contributed by atoms with E-state index in [0.717, 1.165) is 0 Å². The van der Waals surface area contributed by atoms with Crippen LogP contribution in [0, 0.1) is 11.3 Å². The Bertz CT molecular complexity index is 753. The second-order valence-corrected chi connectivity index (χ2v) is 5.19. The lowest BCUT2D eigenvalue weighted by Crippen LogP contribution is -2.42. The first kappa shape index (κ1) is 17.0. The fourth-order valence-corrected chi connectivity index (χ4v) is 2.15. The Balaban J connectivity index is 2.02. The molecule has 0 saturated carbocycles. The quantitative estimate of drug-likeness (QED) is 0.814. The number of anilines is 1. The standard InChI is InChI=1S/C17H17N5O2/c1-22(14-8-7-12(9-18)10-20-14)11-15(23)21-16(17(19)24)13-5-3-2-4-6-13/h2-8,10,16H,11H2,1H3,(H2,19,24)(H,21,23)/t16-/m1/s1. The third kappa shape index (κ3) is 4.30. The highest BCUT2D eigenvalue weighted by molar-refractivity contribution is 5.89. The molecule has 2 amide bonds. The Morgan fingerprint density at radius 3 is 2.54 bits per heavy atom. The minimum absolute atomic E-state index is 0.00445.